The fraction of sp³-hybridized carbons (Fsp3) is 0.286. The van der Waals surface area contributed by atoms with Crippen molar-refractivity contribution >= 4 is 11.9 Å². The molecule has 1 unspecified atom stereocenters. The fourth-order valence-electron chi connectivity index (χ4n) is 1.89. The molecule has 2 rings (SSSR count). The Morgan fingerprint density at radius 3 is 3.00 bits per heavy atom. The Hall–Kier alpha value is -2.48. The lowest BCUT2D eigenvalue weighted by atomic mass is 10.1. The summed E-state index contributed by atoms with van der Waals surface area (Å²) in [5.74, 6) is 1.42. The number of fused-ring (bicyclic) bond motifs is 1. The molecule has 0 aliphatic carbocycles. The number of nitrogens with one attached hydrogen (secondary N) is 1. The molecule has 1 heterocycles. The Morgan fingerprint density at radius 2 is 2.32 bits per heavy atom. The normalized spacial score (nSPS) is 13.8. The first-order valence-corrected chi connectivity index (χ1v) is 5.84. The largest absolute Gasteiger partial charge is 0.493 e. The highest BCUT2D eigenvalue weighted by Crippen LogP contribution is 2.25. The lowest BCUT2D eigenvalue weighted by molar-refractivity contribution is -0.139. The summed E-state index contributed by atoms with van der Waals surface area (Å²) in [6, 6.07) is 3.97. The Bertz CT molecular complexity index is 559. The third kappa shape index (κ3) is 2.86. The average Bonchev–Trinajstić information content (AvgIpc) is 2.85. The van der Waals surface area contributed by atoms with Crippen LogP contribution in [0.3, 0.4) is 0 Å². The number of carboxylic acid groups (broad SMARTS) is 1. The Labute approximate surface area is 110 Å². The Balaban J connectivity index is 2.11. The van der Waals surface area contributed by atoms with Crippen molar-refractivity contribution in [2.24, 2.45) is 0 Å². The van der Waals surface area contributed by atoms with E-state index >= 15 is 0 Å². The number of carbonyl (C=O) groups is 2. The third-order valence-corrected chi connectivity index (χ3v) is 2.88. The number of hydrogen-bond acceptors (Lipinski definition) is 3. The second-order valence-electron chi connectivity index (χ2n) is 4.19. The van der Waals surface area contributed by atoms with Gasteiger partial charge in [0.05, 0.1) is 6.61 Å². The van der Waals surface area contributed by atoms with Gasteiger partial charge in [-0.3, -0.25) is 4.79 Å². The van der Waals surface area contributed by atoms with Crippen LogP contribution in [0.5, 0.6) is 5.75 Å². The standard InChI is InChI=1S/C14H13NO4/c1-2-3-11(14(17)18)15-13(16)10-4-5-12-9(8-10)6-7-19-12/h1,4-5,8,11H,3,6-7H2,(H,15,16)(H,17,18). The van der Waals surface area contributed by atoms with Crippen molar-refractivity contribution in [1.82, 2.24) is 5.32 Å². The number of carboxylic acids is 1. The van der Waals surface area contributed by atoms with Crippen LogP contribution in [0.2, 0.25) is 0 Å². The van der Waals surface area contributed by atoms with Crippen molar-refractivity contribution in [3.05, 3.63) is 29.3 Å². The maximum atomic E-state index is 12.0. The second kappa shape index (κ2) is 5.44. The molecule has 0 spiro atoms. The van der Waals surface area contributed by atoms with Gasteiger partial charge in [0, 0.05) is 18.4 Å². The minimum Gasteiger partial charge on any atom is -0.493 e. The number of ether oxygens (including phenoxy) is 1. The van der Waals surface area contributed by atoms with Crippen molar-refractivity contribution in [3.63, 3.8) is 0 Å². The highest BCUT2D eigenvalue weighted by atomic mass is 16.5. The molecular formula is C14H13NO4. The highest BCUT2D eigenvalue weighted by Gasteiger charge is 2.21. The van der Waals surface area contributed by atoms with E-state index in [1.165, 1.54) is 0 Å². The molecule has 2 N–H and O–H groups in total. The first-order valence-electron chi connectivity index (χ1n) is 5.84. The molecular weight excluding hydrogens is 246 g/mol. The summed E-state index contributed by atoms with van der Waals surface area (Å²) >= 11 is 0. The monoisotopic (exact) mass is 259 g/mol. The maximum Gasteiger partial charge on any atom is 0.327 e. The molecule has 0 saturated heterocycles. The van der Waals surface area contributed by atoms with Gasteiger partial charge in [-0.15, -0.1) is 12.3 Å². The number of hydrogen-bond donors (Lipinski definition) is 2. The zero-order valence-electron chi connectivity index (χ0n) is 10.2. The van der Waals surface area contributed by atoms with Gasteiger partial charge in [0.25, 0.3) is 5.91 Å². The predicted octanol–water partition coefficient (Wildman–Crippen LogP) is 0.828. The van der Waals surface area contributed by atoms with E-state index in [0.29, 0.717) is 12.2 Å². The van der Waals surface area contributed by atoms with Crippen LogP contribution in [-0.2, 0) is 11.2 Å². The van der Waals surface area contributed by atoms with E-state index in [9.17, 15) is 9.59 Å². The molecule has 0 radical (unpaired) electrons. The van der Waals surface area contributed by atoms with Gasteiger partial charge < -0.3 is 15.2 Å². The summed E-state index contributed by atoms with van der Waals surface area (Å²) in [6.07, 6.45) is 5.78. The van der Waals surface area contributed by atoms with Crippen LogP contribution in [0, 0.1) is 12.3 Å². The number of rotatable bonds is 4. The lowest BCUT2D eigenvalue weighted by Gasteiger charge is -2.12. The summed E-state index contributed by atoms with van der Waals surface area (Å²) in [7, 11) is 0. The van der Waals surface area contributed by atoms with Crippen LogP contribution in [-0.4, -0.2) is 29.6 Å². The van der Waals surface area contributed by atoms with Crippen LogP contribution in [0.4, 0.5) is 0 Å². The van der Waals surface area contributed by atoms with E-state index in [1.54, 1.807) is 18.2 Å². The molecule has 5 nitrogen and oxygen atoms in total. The van der Waals surface area contributed by atoms with Crippen molar-refractivity contribution in [3.8, 4) is 18.1 Å². The first kappa shape index (κ1) is 13.0. The van der Waals surface area contributed by atoms with Gasteiger partial charge in [-0.25, -0.2) is 4.79 Å². The summed E-state index contributed by atoms with van der Waals surface area (Å²) in [5.41, 5.74) is 1.36. The van der Waals surface area contributed by atoms with Crippen LogP contribution in [0.1, 0.15) is 22.3 Å². The third-order valence-electron chi connectivity index (χ3n) is 2.88. The SMILES string of the molecule is C#CCC(NC(=O)c1ccc2c(c1)CCO2)C(=O)O. The molecule has 0 fully saturated rings. The molecule has 1 aromatic carbocycles. The predicted molar refractivity (Wildman–Crippen MR) is 68.0 cm³/mol. The average molecular weight is 259 g/mol. The number of benzene rings is 1. The molecule has 5 heteroatoms. The van der Waals surface area contributed by atoms with Crippen LogP contribution < -0.4 is 10.1 Å². The van der Waals surface area contributed by atoms with Gasteiger partial charge in [0.2, 0.25) is 0 Å². The van der Waals surface area contributed by atoms with E-state index in [4.69, 9.17) is 16.3 Å². The summed E-state index contributed by atoms with van der Waals surface area (Å²) in [4.78, 5) is 22.9. The number of carbonyl (C=O) groups excluding carboxylic acids is 1. The van der Waals surface area contributed by atoms with Crippen molar-refractivity contribution in [1.29, 1.82) is 0 Å². The Kier molecular flexibility index (Phi) is 3.71. The highest BCUT2D eigenvalue weighted by molar-refractivity contribution is 5.97. The van der Waals surface area contributed by atoms with Gasteiger partial charge in [0.15, 0.2) is 0 Å². The summed E-state index contributed by atoms with van der Waals surface area (Å²) in [5, 5.41) is 11.3. The molecule has 1 aliphatic rings. The van der Waals surface area contributed by atoms with E-state index in [2.05, 4.69) is 11.2 Å². The molecule has 1 amide bonds. The summed E-state index contributed by atoms with van der Waals surface area (Å²) < 4.78 is 5.34. The van der Waals surface area contributed by atoms with Gasteiger partial charge in [-0.2, -0.15) is 0 Å². The molecule has 0 bridgehead atoms. The van der Waals surface area contributed by atoms with Gasteiger partial charge in [0.1, 0.15) is 11.8 Å². The second-order valence-corrected chi connectivity index (χ2v) is 4.19. The van der Waals surface area contributed by atoms with Crippen molar-refractivity contribution in [2.75, 3.05) is 6.61 Å². The molecule has 0 aromatic heterocycles. The number of aliphatic carboxylic acids is 1. The smallest absolute Gasteiger partial charge is 0.327 e. The molecule has 98 valence electrons. The van der Waals surface area contributed by atoms with E-state index in [-0.39, 0.29) is 6.42 Å². The zero-order valence-corrected chi connectivity index (χ0v) is 10.2. The van der Waals surface area contributed by atoms with E-state index in [0.717, 1.165) is 17.7 Å². The number of terminal acetylenes is 1. The topological polar surface area (TPSA) is 75.6 Å². The van der Waals surface area contributed by atoms with Crippen molar-refractivity contribution in [2.45, 2.75) is 18.9 Å². The quantitative estimate of drug-likeness (QED) is 0.785. The summed E-state index contributed by atoms with van der Waals surface area (Å²) in [6.45, 7) is 0.606. The minimum absolute atomic E-state index is 0.0465. The van der Waals surface area contributed by atoms with Crippen LogP contribution in [0.15, 0.2) is 18.2 Å². The van der Waals surface area contributed by atoms with Crippen molar-refractivity contribution < 1.29 is 19.4 Å². The van der Waals surface area contributed by atoms with E-state index < -0.39 is 17.9 Å². The number of amides is 1. The zero-order chi connectivity index (χ0) is 13.8. The van der Waals surface area contributed by atoms with Crippen LogP contribution in [0.25, 0.3) is 0 Å². The molecule has 0 saturated carbocycles. The minimum atomic E-state index is -1.14. The van der Waals surface area contributed by atoms with Crippen LogP contribution >= 0.6 is 0 Å². The maximum absolute atomic E-state index is 12.0. The van der Waals surface area contributed by atoms with Gasteiger partial charge in [-0.1, -0.05) is 0 Å². The van der Waals surface area contributed by atoms with Gasteiger partial charge >= 0.3 is 5.97 Å². The molecule has 19 heavy (non-hydrogen) atoms. The molecule has 1 atom stereocenters. The lowest BCUT2D eigenvalue weighted by Crippen LogP contribution is -2.40. The van der Waals surface area contributed by atoms with Gasteiger partial charge in [-0.05, 0) is 23.8 Å². The Morgan fingerprint density at radius 1 is 1.53 bits per heavy atom. The van der Waals surface area contributed by atoms with E-state index in [1.807, 2.05) is 0 Å². The fourth-order valence-corrected chi connectivity index (χ4v) is 1.89. The molecule has 1 aromatic rings. The first-order chi connectivity index (χ1) is 9.11. The molecule has 1 aliphatic heterocycles.